The largest absolute Gasteiger partial charge is 0.291 e. The van der Waals surface area contributed by atoms with Crippen LogP contribution in [0.2, 0.25) is 0 Å². The van der Waals surface area contributed by atoms with Crippen molar-refractivity contribution in [1.29, 1.82) is 0 Å². The predicted octanol–water partition coefficient (Wildman–Crippen LogP) is 0.851. The van der Waals surface area contributed by atoms with Gasteiger partial charge < -0.3 is 0 Å². The zero-order valence-electron chi connectivity index (χ0n) is 5.17. The molecule has 3 aliphatic rings. The Morgan fingerprint density at radius 3 is 2.50 bits per heavy atom. The second-order valence-electron chi connectivity index (χ2n) is 3.61. The van der Waals surface area contributed by atoms with Crippen molar-refractivity contribution in [1.82, 2.24) is 4.90 Å². The molecule has 0 aromatic rings. The SMILES string of the molecule is CC1CC2CC3C1N23. The minimum atomic E-state index is 1.04. The maximum Gasteiger partial charge on any atom is 0.0285 e. The van der Waals surface area contributed by atoms with E-state index in [4.69, 9.17) is 0 Å². The van der Waals surface area contributed by atoms with Crippen LogP contribution in [0.1, 0.15) is 19.8 Å². The molecule has 3 aliphatic heterocycles. The molecule has 44 valence electrons. The highest BCUT2D eigenvalue weighted by atomic mass is 15.5. The Hall–Kier alpha value is -0.0400. The zero-order valence-corrected chi connectivity index (χ0v) is 5.17. The molecule has 3 heterocycles. The molecule has 3 rings (SSSR count). The van der Waals surface area contributed by atoms with Gasteiger partial charge in [0.25, 0.3) is 0 Å². The summed E-state index contributed by atoms with van der Waals surface area (Å²) in [4.78, 5) is 2.69. The fraction of sp³-hybridized carbons (Fsp3) is 1.00. The lowest BCUT2D eigenvalue weighted by Crippen LogP contribution is -2.32. The monoisotopic (exact) mass is 109 g/mol. The van der Waals surface area contributed by atoms with Crippen LogP contribution in [0.3, 0.4) is 0 Å². The van der Waals surface area contributed by atoms with Gasteiger partial charge in [-0.05, 0) is 18.8 Å². The summed E-state index contributed by atoms with van der Waals surface area (Å²) in [5.74, 6) is 1.04. The van der Waals surface area contributed by atoms with Gasteiger partial charge in [-0.25, -0.2) is 0 Å². The smallest absolute Gasteiger partial charge is 0.0285 e. The minimum Gasteiger partial charge on any atom is -0.291 e. The van der Waals surface area contributed by atoms with Crippen molar-refractivity contribution in [2.24, 2.45) is 5.92 Å². The third kappa shape index (κ3) is 0.218. The lowest BCUT2D eigenvalue weighted by atomic mass is 9.88. The van der Waals surface area contributed by atoms with Crippen molar-refractivity contribution in [3.05, 3.63) is 0 Å². The summed E-state index contributed by atoms with van der Waals surface area (Å²) in [6.07, 6.45) is 3.04. The van der Waals surface area contributed by atoms with Crippen LogP contribution in [0, 0.1) is 5.92 Å². The average Bonchev–Trinajstić information content (AvgIpc) is 2.20. The van der Waals surface area contributed by atoms with Crippen LogP contribution in [0.5, 0.6) is 0 Å². The van der Waals surface area contributed by atoms with Crippen LogP contribution in [0.4, 0.5) is 0 Å². The minimum absolute atomic E-state index is 1.04. The van der Waals surface area contributed by atoms with Gasteiger partial charge in [0.15, 0.2) is 0 Å². The van der Waals surface area contributed by atoms with Gasteiger partial charge in [-0.2, -0.15) is 0 Å². The van der Waals surface area contributed by atoms with Crippen molar-refractivity contribution in [2.75, 3.05) is 0 Å². The fourth-order valence-corrected chi connectivity index (χ4v) is 2.82. The van der Waals surface area contributed by atoms with Gasteiger partial charge in [0.2, 0.25) is 0 Å². The molecule has 5 atom stereocenters. The van der Waals surface area contributed by atoms with Gasteiger partial charge in [-0.3, -0.25) is 4.90 Å². The molecular weight excluding hydrogens is 98.1 g/mol. The van der Waals surface area contributed by atoms with E-state index in [9.17, 15) is 0 Å². The van der Waals surface area contributed by atoms with Crippen LogP contribution in [-0.4, -0.2) is 23.0 Å². The summed E-state index contributed by atoms with van der Waals surface area (Å²) in [6.45, 7) is 2.40. The summed E-state index contributed by atoms with van der Waals surface area (Å²) < 4.78 is 0. The third-order valence-corrected chi connectivity index (χ3v) is 3.19. The number of nitrogens with zero attached hydrogens (tertiary/aromatic N) is 1. The Morgan fingerprint density at radius 2 is 2.25 bits per heavy atom. The standard InChI is InChI=1S/C7H11N/c1-4-2-5-3-6-7(4)8(5)6/h4-7H,2-3H2,1H3. The van der Waals surface area contributed by atoms with E-state index in [1.54, 1.807) is 0 Å². The molecule has 0 N–H and O–H groups in total. The van der Waals surface area contributed by atoms with Crippen LogP contribution in [0.25, 0.3) is 0 Å². The Morgan fingerprint density at radius 1 is 1.38 bits per heavy atom. The van der Waals surface area contributed by atoms with Crippen molar-refractivity contribution in [3.63, 3.8) is 0 Å². The van der Waals surface area contributed by atoms with Crippen molar-refractivity contribution < 1.29 is 0 Å². The zero-order chi connectivity index (χ0) is 5.30. The quantitative estimate of drug-likeness (QED) is 0.417. The average molecular weight is 109 g/mol. The molecule has 0 spiro atoms. The van der Waals surface area contributed by atoms with Crippen LogP contribution in [-0.2, 0) is 0 Å². The highest BCUT2D eigenvalue weighted by molar-refractivity contribution is 5.22. The highest BCUT2D eigenvalue weighted by Gasteiger charge is 2.67. The van der Waals surface area contributed by atoms with Crippen LogP contribution < -0.4 is 0 Å². The van der Waals surface area contributed by atoms with E-state index in [0.29, 0.717) is 0 Å². The van der Waals surface area contributed by atoms with Crippen LogP contribution >= 0.6 is 0 Å². The number of hydrogen-bond acceptors (Lipinski definition) is 1. The van der Waals surface area contributed by atoms with E-state index in [0.717, 1.165) is 24.0 Å². The Labute approximate surface area is 49.7 Å². The molecule has 0 aliphatic carbocycles. The Kier molecular flexibility index (Phi) is 0.418. The molecule has 8 heavy (non-hydrogen) atoms. The molecule has 0 saturated carbocycles. The Balaban J connectivity index is 1.99. The summed E-state index contributed by atoms with van der Waals surface area (Å²) in [5, 5.41) is 0. The molecule has 0 bridgehead atoms. The molecule has 0 radical (unpaired) electrons. The van der Waals surface area contributed by atoms with Gasteiger partial charge in [0.05, 0.1) is 0 Å². The van der Waals surface area contributed by atoms with E-state index < -0.39 is 0 Å². The number of rotatable bonds is 0. The summed E-state index contributed by atoms with van der Waals surface area (Å²) in [7, 11) is 0. The number of fused-ring (bicyclic) bond motifs is 1. The normalized spacial score (nSPS) is 73.9. The highest BCUT2D eigenvalue weighted by Crippen LogP contribution is 2.58. The van der Waals surface area contributed by atoms with Gasteiger partial charge >= 0.3 is 0 Å². The van der Waals surface area contributed by atoms with E-state index in [1.165, 1.54) is 12.8 Å². The summed E-state index contributed by atoms with van der Waals surface area (Å²) in [5.41, 5.74) is 0. The lowest BCUT2D eigenvalue weighted by molar-refractivity contribution is 0.250. The first-order valence-corrected chi connectivity index (χ1v) is 3.65. The first-order chi connectivity index (χ1) is 3.88. The topological polar surface area (TPSA) is 3.01 Å². The summed E-state index contributed by atoms with van der Waals surface area (Å²) >= 11 is 0. The van der Waals surface area contributed by atoms with E-state index in [1.807, 2.05) is 0 Å². The first kappa shape index (κ1) is 3.89. The van der Waals surface area contributed by atoms with E-state index in [-0.39, 0.29) is 0 Å². The van der Waals surface area contributed by atoms with E-state index in [2.05, 4.69) is 11.8 Å². The van der Waals surface area contributed by atoms with Crippen molar-refractivity contribution in [3.8, 4) is 0 Å². The molecule has 3 fully saturated rings. The molecule has 0 amide bonds. The molecule has 1 nitrogen and oxygen atoms in total. The van der Waals surface area contributed by atoms with Crippen molar-refractivity contribution in [2.45, 2.75) is 37.9 Å². The second-order valence-corrected chi connectivity index (χ2v) is 3.61. The predicted molar refractivity (Wildman–Crippen MR) is 31.6 cm³/mol. The molecule has 3 saturated heterocycles. The first-order valence-electron chi connectivity index (χ1n) is 3.65. The Bertz CT molecular complexity index is 141. The van der Waals surface area contributed by atoms with Gasteiger partial charge in [-0.15, -0.1) is 0 Å². The maximum absolute atomic E-state index is 2.69. The molecule has 0 aromatic heterocycles. The number of hydrogen-bond donors (Lipinski definition) is 0. The summed E-state index contributed by atoms with van der Waals surface area (Å²) in [6, 6.07) is 3.17. The van der Waals surface area contributed by atoms with E-state index >= 15 is 0 Å². The third-order valence-electron chi connectivity index (χ3n) is 3.19. The number of piperidine rings is 1. The second kappa shape index (κ2) is 0.860. The van der Waals surface area contributed by atoms with Gasteiger partial charge in [-0.1, -0.05) is 6.92 Å². The fourth-order valence-electron chi connectivity index (χ4n) is 2.82. The molecule has 5 unspecified atom stereocenters. The molecule has 1 heteroatoms. The van der Waals surface area contributed by atoms with Crippen LogP contribution in [0.15, 0.2) is 0 Å². The van der Waals surface area contributed by atoms with Gasteiger partial charge in [0, 0.05) is 18.1 Å². The lowest BCUT2D eigenvalue weighted by Gasteiger charge is -2.26. The molecular formula is C7H11N. The maximum atomic E-state index is 2.69. The van der Waals surface area contributed by atoms with Crippen molar-refractivity contribution >= 4 is 0 Å². The molecule has 0 aromatic carbocycles. The van der Waals surface area contributed by atoms with Gasteiger partial charge in [0.1, 0.15) is 0 Å².